The standard InChI is InChI=1S/C22H22N4O3/c1-12(2)26(3)21-20(19-11-14-9-15(29-4)6-8-16(14)23-19)24-17-7-5-13(22(27)28)10-18(17)25-21/h5-7,9-12H,8H2,1-4H3,(H,27,28). The monoisotopic (exact) mass is 390 g/mol. The molecule has 1 aliphatic carbocycles. The largest absolute Gasteiger partial charge is 0.497 e. The number of anilines is 1. The Hall–Kier alpha value is -3.48. The van der Waals surface area contributed by atoms with Crippen molar-refractivity contribution in [3.8, 4) is 0 Å². The summed E-state index contributed by atoms with van der Waals surface area (Å²) >= 11 is 0. The highest BCUT2D eigenvalue weighted by molar-refractivity contribution is 6.12. The SMILES string of the molecule is COC1=CCC2=NC(c3nc4ccc(C(=O)O)cc4nc3N(C)C(C)C)=CC2=C1. The van der Waals surface area contributed by atoms with Crippen molar-refractivity contribution in [2.45, 2.75) is 26.3 Å². The first-order valence-electron chi connectivity index (χ1n) is 9.41. The molecule has 0 unspecified atom stereocenters. The number of aromatic carboxylic acids is 1. The summed E-state index contributed by atoms with van der Waals surface area (Å²) in [5.41, 5.74) is 4.78. The van der Waals surface area contributed by atoms with Gasteiger partial charge in [-0.05, 0) is 50.3 Å². The van der Waals surface area contributed by atoms with E-state index in [2.05, 4.69) is 13.8 Å². The van der Waals surface area contributed by atoms with Crippen LogP contribution in [0, 0.1) is 0 Å². The molecule has 1 N–H and O–H groups in total. The first-order valence-corrected chi connectivity index (χ1v) is 9.41. The van der Waals surface area contributed by atoms with Gasteiger partial charge in [0.1, 0.15) is 11.5 Å². The molecule has 0 amide bonds. The number of benzene rings is 1. The molecule has 0 atom stereocenters. The zero-order chi connectivity index (χ0) is 20.7. The molecule has 1 aliphatic heterocycles. The first-order chi connectivity index (χ1) is 13.9. The lowest BCUT2D eigenvalue weighted by atomic mass is 10.0. The van der Waals surface area contributed by atoms with E-state index in [1.807, 2.05) is 30.2 Å². The molecule has 148 valence electrons. The van der Waals surface area contributed by atoms with Gasteiger partial charge in [0.05, 0.1) is 35.1 Å². The molecule has 0 bridgehead atoms. The van der Waals surface area contributed by atoms with Gasteiger partial charge < -0.3 is 14.7 Å². The number of rotatable bonds is 5. The third kappa shape index (κ3) is 3.40. The molecular weight excluding hydrogens is 368 g/mol. The summed E-state index contributed by atoms with van der Waals surface area (Å²) in [4.78, 5) is 27.7. The van der Waals surface area contributed by atoms with E-state index in [1.54, 1.807) is 25.3 Å². The van der Waals surface area contributed by atoms with E-state index in [9.17, 15) is 9.90 Å². The van der Waals surface area contributed by atoms with Gasteiger partial charge in [-0.1, -0.05) is 0 Å². The molecule has 0 radical (unpaired) electrons. The maximum Gasteiger partial charge on any atom is 0.335 e. The van der Waals surface area contributed by atoms with Crippen molar-refractivity contribution < 1.29 is 14.6 Å². The van der Waals surface area contributed by atoms with Gasteiger partial charge in [-0.2, -0.15) is 0 Å². The van der Waals surface area contributed by atoms with Crippen LogP contribution in [0.1, 0.15) is 36.3 Å². The van der Waals surface area contributed by atoms with Crippen LogP contribution in [-0.2, 0) is 4.74 Å². The summed E-state index contributed by atoms with van der Waals surface area (Å²) in [6.45, 7) is 4.13. The number of allylic oxidation sites excluding steroid dienone is 4. The van der Waals surface area contributed by atoms with Gasteiger partial charge in [0.25, 0.3) is 0 Å². The minimum absolute atomic E-state index is 0.182. The molecule has 1 aromatic carbocycles. The number of methoxy groups -OCH3 is 1. The van der Waals surface area contributed by atoms with Crippen molar-refractivity contribution in [3.05, 3.63) is 59.0 Å². The van der Waals surface area contributed by atoms with Crippen LogP contribution in [0.25, 0.3) is 16.7 Å². The van der Waals surface area contributed by atoms with Crippen LogP contribution in [0.3, 0.4) is 0 Å². The number of aromatic nitrogens is 2. The molecule has 7 nitrogen and oxygen atoms in total. The smallest absolute Gasteiger partial charge is 0.335 e. The van der Waals surface area contributed by atoms with Crippen molar-refractivity contribution >= 4 is 34.2 Å². The van der Waals surface area contributed by atoms with Crippen LogP contribution in [-0.4, -0.2) is 47.0 Å². The molecule has 2 aliphatic rings. The third-order valence-corrected chi connectivity index (χ3v) is 5.15. The highest BCUT2D eigenvalue weighted by Gasteiger charge is 2.24. The third-order valence-electron chi connectivity index (χ3n) is 5.15. The number of carboxylic acids is 1. The summed E-state index contributed by atoms with van der Waals surface area (Å²) < 4.78 is 5.34. The number of carbonyl (C=O) groups is 1. The Bertz CT molecular complexity index is 1140. The van der Waals surface area contributed by atoms with Crippen molar-refractivity contribution in [2.24, 2.45) is 4.99 Å². The second-order valence-electron chi connectivity index (χ2n) is 7.31. The number of carboxylic acid groups (broad SMARTS) is 1. The molecule has 0 saturated carbocycles. The highest BCUT2D eigenvalue weighted by atomic mass is 16.5. The molecule has 1 aromatic heterocycles. The highest BCUT2D eigenvalue weighted by Crippen LogP contribution is 2.34. The minimum atomic E-state index is -0.987. The number of aliphatic imine (C=N–C) groups is 1. The second-order valence-corrected chi connectivity index (χ2v) is 7.31. The summed E-state index contributed by atoms with van der Waals surface area (Å²) in [6, 6.07) is 4.97. The van der Waals surface area contributed by atoms with Crippen LogP contribution in [0.15, 0.2) is 52.8 Å². The van der Waals surface area contributed by atoms with Gasteiger partial charge in [0.15, 0.2) is 5.82 Å². The Balaban J connectivity index is 1.87. The van der Waals surface area contributed by atoms with E-state index in [1.165, 1.54) is 0 Å². The molecule has 0 spiro atoms. The predicted molar refractivity (Wildman–Crippen MR) is 113 cm³/mol. The molecule has 7 heteroatoms. The fraction of sp³-hybridized carbons (Fsp3) is 0.273. The van der Waals surface area contributed by atoms with Crippen molar-refractivity contribution in [3.63, 3.8) is 0 Å². The number of fused-ring (bicyclic) bond motifs is 2. The van der Waals surface area contributed by atoms with E-state index in [-0.39, 0.29) is 11.6 Å². The van der Waals surface area contributed by atoms with E-state index < -0.39 is 5.97 Å². The van der Waals surface area contributed by atoms with E-state index in [4.69, 9.17) is 19.7 Å². The topological polar surface area (TPSA) is 87.9 Å². The average molecular weight is 390 g/mol. The lowest BCUT2D eigenvalue weighted by Gasteiger charge is -2.24. The van der Waals surface area contributed by atoms with Gasteiger partial charge in [0.2, 0.25) is 0 Å². The summed E-state index contributed by atoms with van der Waals surface area (Å²) in [5.74, 6) is 0.505. The van der Waals surface area contributed by atoms with Gasteiger partial charge in [-0.25, -0.2) is 14.8 Å². The van der Waals surface area contributed by atoms with Crippen molar-refractivity contribution in [2.75, 3.05) is 19.1 Å². The van der Waals surface area contributed by atoms with Crippen LogP contribution in [0.4, 0.5) is 5.82 Å². The van der Waals surface area contributed by atoms with Gasteiger partial charge in [-0.15, -0.1) is 0 Å². The normalized spacial score (nSPS) is 15.5. The second kappa shape index (κ2) is 7.16. The summed E-state index contributed by atoms with van der Waals surface area (Å²) in [5, 5.41) is 9.29. The molecule has 0 saturated heterocycles. The zero-order valence-corrected chi connectivity index (χ0v) is 16.8. The predicted octanol–water partition coefficient (Wildman–Crippen LogP) is 3.83. The number of hydrogen-bond acceptors (Lipinski definition) is 6. The summed E-state index contributed by atoms with van der Waals surface area (Å²) in [7, 11) is 3.60. The molecule has 2 heterocycles. The molecule has 29 heavy (non-hydrogen) atoms. The van der Waals surface area contributed by atoms with E-state index in [0.29, 0.717) is 29.0 Å². The summed E-state index contributed by atoms with van der Waals surface area (Å²) in [6.07, 6.45) is 6.67. The van der Waals surface area contributed by atoms with Crippen LogP contribution < -0.4 is 4.90 Å². The number of ether oxygens (including phenoxy) is 1. The fourth-order valence-electron chi connectivity index (χ4n) is 3.27. The number of nitrogens with zero attached hydrogens (tertiary/aromatic N) is 4. The maximum atomic E-state index is 11.3. The lowest BCUT2D eigenvalue weighted by molar-refractivity contribution is 0.0697. The molecule has 4 rings (SSSR count). The Morgan fingerprint density at radius 2 is 2.00 bits per heavy atom. The maximum absolute atomic E-state index is 11.3. The number of hydrogen-bond donors (Lipinski definition) is 1. The van der Waals surface area contributed by atoms with Gasteiger partial charge in [-0.3, -0.25) is 4.99 Å². The zero-order valence-electron chi connectivity index (χ0n) is 16.8. The molecule has 2 aromatic rings. The van der Waals surface area contributed by atoms with E-state index in [0.717, 1.165) is 22.7 Å². The van der Waals surface area contributed by atoms with Crippen molar-refractivity contribution in [1.82, 2.24) is 9.97 Å². The van der Waals surface area contributed by atoms with Crippen LogP contribution in [0.2, 0.25) is 0 Å². The van der Waals surface area contributed by atoms with Gasteiger partial charge >= 0.3 is 5.97 Å². The Morgan fingerprint density at radius 1 is 1.21 bits per heavy atom. The average Bonchev–Trinajstić information content (AvgIpc) is 3.14. The fourth-order valence-corrected chi connectivity index (χ4v) is 3.27. The van der Waals surface area contributed by atoms with Crippen molar-refractivity contribution in [1.29, 1.82) is 0 Å². The van der Waals surface area contributed by atoms with Crippen LogP contribution >= 0.6 is 0 Å². The van der Waals surface area contributed by atoms with E-state index >= 15 is 0 Å². The quantitative estimate of drug-likeness (QED) is 0.835. The Morgan fingerprint density at radius 3 is 2.69 bits per heavy atom. The Kier molecular flexibility index (Phi) is 4.66. The molecule has 0 fully saturated rings. The Labute approximate surface area is 168 Å². The first kappa shape index (κ1) is 18.9. The molecular formula is C22H22N4O3. The van der Waals surface area contributed by atoms with Crippen LogP contribution in [0.5, 0.6) is 0 Å². The minimum Gasteiger partial charge on any atom is -0.497 e. The lowest BCUT2D eigenvalue weighted by Crippen LogP contribution is -2.28. The van der Waals surface area contributed by atoms with Gasteiger partial charge in [0, 0.05) is 25.1 Å².